The topological polar surface area (TPSA) is 41.5 Å². The maximum atomic E-state index is 10.4. The molecule has 0 fully saturated rings. The lowest BCUT2D eigenvalue weighted by atomic mass is 9.96. The minimum absolute atomic E-state index is 0.312. The van der Waals surface area contributed by atoms with Crippen molar-refractivity contribution in [1.82, 2.24) is 5.32 Å². The van der Waals surface area contributed by atoms with Gasteiger partial charge in [0.1, 0.15) is 0 Å². The first-order chi connectivity index (χ1) is 9.02. The highest BCUT2D eigenvalue weighted by Gasteiger charge is 2.21. The van der Waals surface area contributed by atoms with Crippen LogP contribution in [0.2, 0.25) is 0 Å². The van der Waals surface area contributed by atoms with Crippen molar-refractivity contribution in [3.8, 4) is 0 Å². The van der Waals surface area contributed by atoms with E-state index in [0.717, 1.165) is 31.6 Å². The third kappa shape index (κ3) is 6.71. The number of aliphatic hydroxyl groups is 1. The van der Waals surface area contributed by atoms with Crippen molar-refractivity contribution in [2.75, 3.05) is 19.7 Å². The predicted molar refractivity (Wildman–Crippen MR) is 79.2 cm³/mol. The Balaban J connectivity index is 2.15. The normalized spacial score (nSPS) is 14.6. The highest BCUT2D eigenvalue weighted by Crippen LogP contribution is 2.18. The Kier molecular flexibility index (Phi) is 7.06. The summed E-state index contributed by atoms with van der Waals surface area (Å²) in [4.78, 5) is 0. The maximum absolute atomic E-state index is 10.4. The first-order valence-corrected chi connectivity index (χ1v) is 7.12. The van der Waals surface area contributed by atoms with Crippen molar-refractivity contribution >= 4 is 0 Å². The minimum atomic E-state index is -0.810. The highest BCUT2D eigenvalue weighted by molar-refractivity contribution is 5.21. The summed E-state index contributed by atoms with van der Waals surface area (Å²) in [5.74, 6) is 0. The second kappa shape index (κ2) is 8.31. The van der Waals surface area contributed by atoms with Crippen molar-refractivity contribution in [2.45, 2.75) is 45.3 Å². The number of unbranched alkanes of at least 4 members (excludes halogenated alkanes) is 1. The van der Waals surface area contributed by atoms with E-state index in [1.54, 1.807) is 0 Å². The number of hydrogen-bond donors (Lipinski definition) is 2. The van der Waals surface area contributed by atoms with E-state index in [1.807, 2.05) is 37.3 Å². The van der Waals surface area contributed by atoms with Crippen molar-refractivity contribution < 1.29 is 9.84 Å². The summed E-state index contributed by atoms with van der Waals surface area (Å²) >= 11 is 0. The molecule has 108 valence electrons. The summed E-state index contributed by atoms with van der Waals surface area (Å²) in [6.07, 6.45) is 2.43. The Bertz CT molecular complexity index is 336. The monoisotopic (exact) mass is 265 g/mol. The van der Waals surface area contributed by atoms with Crippen LogP contribution in [0.25, 0.3) is 0 Å². The Hall–Kier alpha value is -0.900. The summed E-state index contributed by atoms with van der Waals surface area (Å²) in [7, 11) is 0. The van der Waals surface area contributed by atoms with Crippen molar-refractivity contribution in [3.63, 3.8) is 0 Å². The fraction of sp³-hybridized carbons (Fsp3) is 0.625. The van der Waals surface area contributed by atoms with Crippen LogP contribution in [0.5, 0.6) is 0 Å². The van der Waals surface area contributed by atoms with Crippen LogP contribution in [-0.2, 0) is 10.3 Å². The van der Waals surface area contributed by atoms with E-state index < -0.39 is 5.60 Å². The fourth-order valence-corrected chi connectivity index (χ4v) is 1.90. The third-order valence-corrected chi connectivity index (χ3v) is 3.06. The maximum Gasteiger partial charge on any atom is 0.0992 e. The molecule has 0 aliphatic rings. The van der Waals surface area contributed by atoms with Gasteiger partial charge in [-0.25, -0.2) is 0 Å². The second-order valence-corrected chi connectivity index (χ2v) is 5.44. The Morgan fingerprint density at radius 2 is 1.89 bits per heavy atom. The largest absolute Gasteiger partial charge is 0.384 e. The van der Waals surface area contributed by atoms with Crippen LogP contribution in [0.4, 0.5) is 0 Å². The molecule has 0 saturated heterocycles. The molecule has 1 aromatic rings. The summed E-state index contributed by atoms with van der Waals surface area (Å²) in [6, 6.07) is 9.78. The summed E-state index contributed by atoms with van der Waals surface area (Å²) < 4.78 is 5.48. The Morgan fingerprint density at radius 1 is 1.21 bits per heavy atom. The van der Waals surface area contributed by atoms with Gasteiger partial charge in [-0.2, -0.15) is 0 Å². The number of benzene rings is 1. The fourth-order valence-electron chi connectivity index (χ4n) is 1.90. The van der Waals surface area contributed by atoms with Gasteiger partial charge in [-0.1, -0.05) is 30.3 Å². The van der Waals surface area contributed by atoms with E-state index in [0.29, 0.717) is 12.6 Å². The van der Waals surface area contributed by atoms with Crippen LogP contribution in [-0.4, -0.2) is 30.9 Å². The molecule has 0 aromatic heterocycles. The zero-order valence-electron chi connectivity index (χ0n) is 12.4. The molecule has 0 aliphatic carbocycles. The van der Waals surface area contributed by atoms with Crippen LogP contribution in [0.3, 0.4) is 0 Å². The van der Waals surface area contributed by atoms with E-state index in [9.17, 15) is 5.11 Å². The molecule has 0 amide bonds. The van der Waals surface area contributed by atoms with Crippen LogP contribution in [0.1, 0.15) is 39.2 Å². The average Bonchev–Trinajstić information content (AvgIpc) is 2.38. The van der Waals surface area contributed by atoms with Crippen LogP contribution < -0.4 is 5.32 Å². The highest BCUT2D eigenvalue weighted by atomic mass is 16.5. The molecule has 0 bridgehead atoms. The molecular formula is C16H27NO2. The molecule has 1 aromatic carbocycles. The van der Waals surface area contributed by atoms with Crippen molar-refractivity contribution in [2.24, 2.45) is 0 Å². The van der Waals surface area contributed by atoms with E-state index in [-0.39, 0.29) is 0 Å². The van der Waals surface area contributed by atoms with Gasteiger partial charge in [-0.3, -0.25) is 0 Å². The van der Waals surface area contributed by atoms with Gasteiger partial charge >= 0.3 is 0 Å². The van der Waals surface area contributed by atoms with Gasteiger partial charge in [-0.15, -0.1) is 0 Å². The molecule has 1 atom stereocenters. The third-order valence-electron chi connectivity index (χ3n) is 3.06. The molecule has 1 rings (SSSR count). The summed E-state index contributed by atoms with van der Waals surface area (Å²) in [5, 5.41) is 13.7. The Morgan fingerprint density at radius 3 is 2.53 bits per heavy atom. The molecule has 0 radical (unpaired) electrons. The molecule has 3 heteroatoms. The molecule has 0 heterocycles. The first kappa shape index (κ1) is 16.2. The molecular weight excluding hydrogens is 238 g/mol. The molecule has 19 heavy (non-hydrogen) atoms. The van der Waals surface area contributed by atoms with Gasteiger partial charge in [0, 0.05) is 13.2 Å². The van der Waals surface area contributed by atoms with E-state index >= 15 is 0 Å². The van der Waals surface area contributed by atoms with Gasteiger partial charge in [0.15, 0.2) is 0 Å². The first-order valence-electron chi connectivity index (χ1n) is 7.12. The standard InChI is InChI=1S/C16H27NO2/c1-14(2)19-12-8-7-11-17-13-16(3,18)15-9-5-4-6-10-15/h4-6,9-10,14,17-18H,7-8,11-13H2,1-3H3. The molecule has 2 N–H and O–H groups in total. The zero-order valence-corrected chi connectivity index (χ0v) is 12.4. The number of rotatable bonds is 9. The molecule has 0 saturated carbocycles. The van der Waals surface area contributed by atoms with E-state index in [2.05, 4.69) is 19.2 Å². The molecule has 0 spiro atoms. The molecule has 1 unspecified atom stereocenters. The number of ether oxygens (including phenoxy) is 1. The van der Waals surface area contributed by atoms with Gasteiger partial charge in [0.05, 0.1) is 11.7 Å². The van der Waals surface area contributed by atoms with Crippen LogP contribution in [0, 0.1) is 0 Å². The van der Waals surface area contributed by atoms with Gasteiger partial charge in [0.25, 0.3) is 0 Å². The van der Waals surface area contributed by atoms with E-state index in [4.69, 9.17) is 4.74 Å². The van der Waals surface area contributed by atoms with Crippen LogP contribution in [0.15, 0.2) is 30.3 Å². The van der Waals surface area contributed by atoms with Crippen molar-refractivity contribution in [3.05, 3.63) is 35.9 Å². The van der Waals surface area contributed by atoms with Crippen LogP contribution >= 0.6 is 0 Å². The minimum Gasteiger partial charge on any atom is -0.384 e. The lowest BCUT2D eigenvalue weighted by Gasteiger charge is -2.24. The number of nitrogens with one attached hydrogen (secondary N) is 1. The summed E-state index contributed by atoms with van der Waals surface area (Å²) in [6.45, 7) is 8.24. The zero-order chi connectivity index (χ0) is 14.1. The smallest absolute Gasteiger partial charge is 0.0992 e. The number of hydrogen-bond acceptors (Lipinski definition) is 3. The molecule has 3 nitrogen and oxygen atoms in total. The van der Waals surface area contributed by atoms with Gasteiger partial charge in [-0.05, 0) is 45.7 Å². The second-order valence-electron chi connectivity index (χ2n) is 5.44. The summed E-state index contributed by atoms with van der Waals surface area (Å²) in [5.41, 5.74) is 0.140. The van der Waals surface area contributed by atoms with Gasteiger partial charge in [0.2, 0.25) is 0 Å². The quantitative estimate of drug-likeness (QED) is 0.675. The van der Waals surface area contributed by atoms with Gasteiger partial charge < -0.3 is 15.2 Å². The lowest BCUT2D eigenvalue weighted by molar-refractivity contribution is 0.0560. The van der Waals surface area contributed by atoms with E-state index in [1.165, 1.54) is 0 Å². The Labute approximate surface area is 117 Å². The lowest BCUT2D eigenvalue weighted by Crippen LogP contribution is -2.35. The molecule has 0 aliphatic heterocycles. The SMILES string of the molecule is CC(C)OCCCCNCC(C)(O)c1ccccc1. The average molecular weight is 265 g/mol. The predicted octanol–water partition coefficient (Wildman–Crippen LogP) is 2.69. The van der Waals surface area contributed by atoms with Crippen molar-refractivity contribution in [1.29, 1.82) is 0 Å².